The van der Waals surface area contributed by atoms with Gasteiger partial charge in [-0.3, -0.25) is 9.59 Å². The van der Waals surface area contributed by atoms with Crippen LogP contribution in [0, 0.1) is 0 Å². The zero-order valence-electron chi connectivity index (χ0n) is 18.8. The first-order chi connectivity index (χ1) is 15.8. The van der Waals surface area contributed by atoms with E-state index >= 15 is 0 Å². The summed E-state index contributed by atoms with van der Waals surface area (Å²) in [5.74, 6) is -0.682. The first-order valence-corrected chi connectivity index (χ1v) is 12.8. The van der Waals surface area contributed by atoms with Gasteiger partial charge < -0.3 is 9.73 Å². The highest BCUT2D eigenvalue weighted by Gasteiger charge is 2.32. The van der Waals surface area contributed by atoms with Gasteiger partial charge in [0.15, 0.2) is 11.2 Å². The minimum atomic E-state index is -3.60. The van der Waals surface area contributed by atoms with Crippen molar-refractivity contribution in [2.45, 2.75) is 56.9 Å². The number of nitrogens with zero attached hydrogens (tertiary/aromatic N) is 1. The molecule has 1 saturated heterocycles. The Kier molecular flexibility index (Phi) is 6.67. The van der Waals surface area contributed by atoms with Crippen molar-refractivity contribution in [3.8, 4) is 0 Å². The van der Waals surface area contributed by atoms with Gasteiger partial charge in [0.1, 0.15) is 5.58 Å². The van der Waals surface area contributed by atoms with E-state index in [1.807, 2.05) is 19.9 Å². The molecule has 0 aliphatic carbocycles. The number of aryl methyl sites for hydroxylation is 1. The van der Waals surface area contributed by atoms with Gasteiger partial charge in [-0.1, -0.05) is 26.3 Å². The maximum Gasteiger partial charge on any atom is 0.291 e. The largest absolute Gasteiger partial charge is 0.451 e. The molecule has 0 saturated carbocycles. The second-order valence-electron chi connectivity index (χ2n) is 8.31. The minimum Gasteiger partial charge on any atom is -0.451 e. The zero-order chi connectivity index (χ0) is 23.6. The van der Waals surface area contributed by atoms with Crippen LogP contribution < -0.4 is 10.7 Å². The number of hydrogen-bond donors (Lipinski definition) is 1. The summed E-state index contributed by atoms with van der Waals surface area (Å²) in [4.78, 5) is 25.3. The van der Waals surface area contributed by atoms with Crippen LogP contribution in [0.2, 0.25) is 0 Å². The summed E-state index contributed by atoms with van der Waals surface area (Å²) in [6.07, 6.45) is 4.35. The van der Waals surface area contributed by atoms with Crippen LogP contribution in [0.1, 0.15) is 55.6 Å². The fraction of sp³-hybridized carbons (Fsp3) is 0.360. The van der Waals surface area contributed by atoms with Crippen molar-refractivity contribution in [2.24, 2.45) is 0 Å². The predicted octanol–water partition coefficient (Wildman–Crippen LogP) is 4.56. The van der Waals surface area contributed by atoms with E-state index in [2.05, 4.69) is 5.32 Å². The molecule has 1 unspecified atom stereocenters. The molecule has 8 heteroatoms. The summed E-state index contributed by atoms with van der Waals surface area (Å²) in [6, 6.07) is 12.6. The number of anilines is 1. The smallest absolute Gasteiger partial charge is 0.291 e. The third-order valence-corrected chi connectivity index (χ3v) is 8.15. The van der Waals surface area contributed by atoms with Gasteiger partial charge in [-0.15, -0.1) is 0 Å². The second-order valence-corrected chi connectivity index (χ2v) is 10.2. The van der Waals surface area contributed by atoms with Crippen LogP contribution in [0.3, 0.4) is 0 Å². The van der Waals surface area contributed by atoms with Crippen molar-refractivity contribution in [3.05, 3.63) is 70.1 Å². The maximum absolute atomic E-state index is 13.1. The molecule has 0 bridgehead atoms. The SMILES string of the molecule is CCc1ccc2oc(C(=O)Nc3ccc(S(=O)(=O)N4CCCCC4CC)cc3)cc(=O)c2c1. The molecule has 2 aromatic carbocycles. The monoisotopic (exact) mass is 468 g/mol. The number of sulfonamides is 1. The lowest BCUT2D eigenvalue weighted by atomic mass is 10.0. The van der Waals surface area contributed by atoms with Gasteiger partial charge in [-0.25, -0.2) is 8.42 Å². The van der Waals surface area contributed by atoms with Crippen LogP contribution in [0.15, 0.2) is 62.6 Å². The van der Waals surface area contributed by atoms with Crippen LogP contribution in [0.4, 0.5) is 5.69 Å². The Morgan fingerprint density at radius 3 is 2.55 bits per heavy atom. The molecule has 1 amide bonds. The molecule has 1 aromatic heterocycles. The average molecular weight is 469 g/mol. The minimum absolute atomic E-state index is 0.0207. The molecule has 174 valence electrons. The Balaban J connectivity index is 1.53. The van der Waals surface area contributed by atoms with E-state index < -0.39 is 15.9 Å². The summed E-state index contributed by atoms with van der Waals surface area (Å²) < 4.78 is 33.5. The summed E-state index contributed by atoms with van der Waals surface area (Å²) in [5.41, 5.74) is 1.48. The number of carbonyl (C=O) groups excluding carboxylic acids is 1. The van der Waals surface area contributed by atoms with E-state index in [0.717, 1.165) is 37.7 Å². The summed E-state index contributed by atoms with van der Waals surface area (Å²) >= 11 is 0. The topological polar surface area (TPSA) is 96.7 Å². The Bertz CT molecular complexity index is 1330. The first kappa shape index (κ1) is 23.2. The number of rotatable bonds is 6. The lowest BCUT2D eigenvalue weighted by molar-refractivity contribution is 0.0997. The Morgan fingerprint density at radius 2 is 1.85 bits per heavy atom. The van der Waals surface area contributed by atoms with Crippen molar-refractivity contribution < 1.29 is 17.6 Å². The number of fused-ring (bicyclic) bond motifs is 1. The van der Waals surface area contributed by atoms with Crippen LogP contribution in [0.25, 0.3) is 11.0 Å². The first-order valence-electron chi connectivity index (χ1n) is 11.3. The molecular formula is C25H28N2O5S. The molecule has 1 atom stereocenters. The molecular weight excluding hydrogens is 440 g/mol. The third-order valence-electron chi connectivity index (χ3n) is 6.19. The molecule has 4 rings (SSSR count). The Morgan fingerprint density at radius 1 is 1.09 bits per heavy atom. The lowest BCUT2D eigenvalue weighted by Gasteiger charge is -2.34. The molecule has 1 aliphatic rings. The van der Waals surface area contributed by atoms with Crippen LogP contribution in [0.5, 0.6) is 0 Å². The van der Waals surface area contributed by atoms with Gasteiger partial charge in [-0.05, 0) is 67.6 Å². The number of nitrogens with one attached hydrogen (secondary N) is 1. The predicted molar refractivity (Wildman–Crippen MR) is 128 cm³/mol. The average Bonchev–Trinajstić information content (AvgIpc) is 2.84. The van der Waals surface area contributed by atoms with Crippen molar-refractivity contribution in [2.75, 3.05) is 11.9 Å². The highest BCUT2D eigenvalue weighted by molar-refractivity contribution is 7.89. The number of amides is 1. The molecule has 0 radical (unpaired) electrons. The summed E-state index contributed by atoms with van der Waals surface area (Å²) in [7, 11) is -3.60. The van der Waals surface area contributed by atoms with Gasteiger partial charge in [0, 0.05) is 24.3 Å². The normalized spacial score (nSPS) is 17.2. The molecule has 1 N–H and O–H groups in total. The van der Waals surface area contributed by atoms with Gasteiger partial charge in [0.25, 0.3) is 5.91 Å². The van der Waals surface area contributed by atoms with Crippen molar-refractivity contribution >= 4 is 32.6 Å². The van der Waals surface area contributed by atoms with Gasteiger partial charge in [0.05, 0.1) is 10.3 Å². The van der Waals surface area contributed by atoms with Crippen molar-refractivity contribution in [1.29, 1.82) is 0 Å². The van der Waals surface area contributed by atoms with Crippen LogP contribution in [-0.4, -0.2) is 31.2 Å². The Labute approximate surface area is 193 Å². The fourth-order valence-corrected chi connectivity index (χ4v) is 6.04. The van der Waals surface area contributed by atoms with E-state index in [-0.39, 0.29) is 22.1 Å². The fourth-order valence-electron chi connectivity index (χ4n) is 4.27. The quantitative estimate of drug-likeness (QED) is 0.572. The number of hydrogen-bond acceptors (Lipinski definition) is 5. The van der Waals surface area contributed by atoms with Gasteiger partial charge in [-0.2, -0.15) is 4.31 Å². The zero-order valence-corrected chi connectivity index (χ0v) is 19.7. The van der Waals surface area contributed by atoms with E-state index in [9.17, 15) is 18.0 Å². The van der Waals surface area contributed by atoms with Crippen LogP contribution >= 0.6 is 0 Å². The van der Waals surface area contributed by atoms with E-state index in [1.165, 1.54) is 18.2 Å². The standard InChI is InChI=1S/C25H28N2O5S/c1-3-17-8-13-23-21(15-17)22(28)16-24(32-23)25(29)26-18-9-11-20(12-10-18)33(30,31)27-14-6-5-7-19(27)4-2/h8-13,15-16,19H,3-7,14H2,1-2H3,(H,26,29). The molecule has 2 heterocycles. The molecule has 1 fully saturated rings. The summed E-state index contributed by atoms with van der Waals surface area (Å²) in [6.45, 7) is 4.53. The molecule has 7 nitrogen and oxygen atoms in total. The van der Waals surface area contributed by atoms with E-state index in [0.29, 0.717) is 23.2 Å². The number of piperidine rings is 1. The molecule has 33 heavy (non-hydrogen) atoms. The van der Waals surface area contributed by atoms with Crippen molar-refractivity contribution in [1.82, 2.24) is 4.31 Å². The number of carbonyl (C=O) groups is 1. The maximum atomic E-state index is 13.1. The second kappa shape index (κ2) is 9.49. The number of benzene rings is 2. The molecule has 0 spiro atoms. The van der Waals surface area contributed by atoms with Gasteiger partial charge in [0.2, 0.25) is 10.0 Å². The molecule has 1 aliphatic heterocycles. The summed E-state index contributed by atoms with van der Waals surface area (Å²) in [5, 5.41) is 3.10. The van der Waals surface area contributed by atoms with E-state index in [4.69, 9.17) is 4.42 Å². The highest BCUT2D eigenvalue weighted by atomic mass is 32.2. The van der Waals surface area contributed by atoms with Crippen LogP contribution in [-0.2, 0) is 16.4 Å². The third kappa shape index (κ3) is 4.72. The lowest BCUT2D eigenvalue weighted by Crippen LogP contribution is -2.43. The highest BCUT2D eigenvalue weighted by Crippen LogP contribution is 2.27. The Hall–Kier alpha value is -2.97. The van der Waals surface area contributed by atoms with Crippen molar-refractivity contribution in [3.63, 3.8) is 0 Å². The molecule has 3 aromatic rings. The van der Waals surface area contributed by atoms with Gasteiger partial charge >= 0.3 is 0 Å². The van der Waals surface area contributed by atoms with E-state index in [1.54, 1.807) is 28.6 Å².